The number of benzene rings is 20. The van der Waals surface area contributed by atoms with Gasteiger partial charge >= 0.3 is 0 Å². The third-order valence-electron chi connectivity index (χ3n) is 25.2. The first-order valence-electron chi connectivity index (χ1n) is 40.7. The number of aromatic nitrogens is 6. The number of nitrogens with zero attached hydrogens (tertiary/aromatic N) is 6. The molecule has 0 aliphatic carbocycles. The topological polar surface area (TPSA) is 29.6 Å². The van der Waals surface area contributed by atoms with Crippen LogP contribution in [-0.4, -0.2) is 27.4 Å². The molecule has 20 aromatic carbocycles. The predicted molar refractivity (Wildman–Crippen MR) is 500 cm³/mol. The van der Waals surface area contributed by atoms with Crippen molar-refractivity contribution in [2.24, 2.45) is 0 Å². The van der Waals surface area contributed by atoms with Gasteiger partial charge in [0.2, 0.25) is 0 Å². The fraction of sp³-hybridized carbons (Fsp3) is 0. The predicted octanol–water partition coefficient (Wildman–Crippen LogP) is 29.9. The van der Waals surface area contributed by atoms with Crippen molar-refractivity contribution < 1.29 is 0 Å². The Balaban J connectivity index is 0.000000131. The summed E-state index contributed by atoms with van der Waals surface area (Å²) in [7, 11) is 0. The summed E-state index contributed by atoms with van der Waals surface area (Å²) in [4.78, 5) is 0. The van der Waals surface area contributed by atoms with Gasteiger partial charge in [-0.1, -0.05) is 273 Å². The van der Waals surface area contributed by atoms with Crippen LogP contribution >= 0.6 is 0 Å². The lowest BCUT2D eigenvalue weighted by molar-refractivity contribution is 1.18. The van der Waals surface area contributed by atoms with Crippen molar-refractivity contribution in [3.05, 3.63) is 425 Å². The lowest BCUT2D eigenvalue weighted by atomic mass is 9.99. The molecule has 0 unspecified atom stereocenters. The molecule has 118 heavy (non-hydrogen) atoms. The van der Waals surface area contributed by atoms with Gasteiger partial charge in [-0.05, 0) is 206 Å². The molecule has 548 valence electrons. The van der Waals surface area contributed by atoms with Crippen LogP contribution in [0.1, 0.15) is 0 Å². The van der Waals surface area contributed by atoms with Gasteiger partial charge in [-0.2, -0.15) is 0 Å². The SMILES string of the molecule is c1ccc(-n2c3ccccc3c3c4c5cc(-c6ccc7c(c6)c6ccccc6n7-c6ccc7ccccc7c6)ccc5n(-c5cccc6ccccc56)c4ccc32)cc1.c1ccc(-n2c3ccccc3c3ccc4c(c5cc(-c6ccc7c(c6)c6ccccc6n7-c6ccc7ccccc7c6)ccc5n4-c4cccc5ccccc45)c32)cc1. The molecule has 26 aromatic rings. The minimum absolute atomic E-state index is 1.15. The summed E-state index contributed by atoms with van der Waals surface area (Å²) < 4.78 is 14.7. The molecule has 0 saturated carbocycles. The molecule has 0 aliphatic rings. The number of fused-ring (bicyclic) bond motifs is 24. The average Bonchev–Trinajstić information content (AvgIpc) is 1.54. The molecule has 0 aliphatic heterocycles. The van der Waals surface area contributed by atoms with E-state index in [9.17, 15) is 0 Å². The maximum absolute atomic E-state index is 2.49. The van der Waals surface area contributed by atoms with E-state index in [0.29, 0.717) is 0 Å². The standard InChI is InChI=1S/2C56H35N3/c1-2-17-41(18-3-1)58-51-23-11-8-20-44(51)46-29-32-54-55(56(46)58)48-35-40(27-31-53(48)59(54)49-24-12-16-37-14-6-7-19-43(37)49)39-26-30-52-47(34-39)45-21-9-10-22-50(45)57(52)42-28-25-36-13-4-5-15-38(36)33-42;1-2-17-41(18-3-1)57-50-23-11-9-21-45(50)55-53(57)31-32-54-56(55)47-35-40(27-30-52(47)59(54)48-24-12-16-37-14-6-7-19-43(37)48)39-26-29-51-46(34-39)44-20-8-10-22-49(44)58(51)42-28-25-36-13-4-5-15-38(36)33-42/h2*1-35H. The minimum Gasteiger partial charge on any atom is -0.309 e. The quantitative estimate of drug-likeness (QED) is 0.145. The van der Waals surface area contributed by atoms with E-state index in [2.05, 4.69) is 452 Å². The van der Waals surface area contributed by atoms with Crippen molar-refractivity contribution in [1.82, 2.24) is 27.4 Å². The van der Waals surface area contributed by atoms with E-state index >= 15 is 0 Å². The third kappa shape index (κ3) is 9.87. The van der Waals surface area contributed by atoms with Crippen molar-refractivity contribution in [2.75, 3.05) is 0 Å². The summed E-state index contributed by atoms with van der Waals surface area (Å²) in [5.41, 5.74) is 26.2. The highest BCUT2D eigenvalue weighted by Crippen LogP contribution is 2.49. The molecule has 0 radical (unpaired) electrons. The average molecular weight is 1500 g/mol. The van der Waals surface area contributed by atoms with Gasteiger partial charge in [-0.25, -0.2) is 0 Å². The summed E-state index contributed by atoms with van der Waals surface area (Å²) in [6.45, 7) is 0. The summed E-state index contributed by atoms with van der Waals surface area (Å²) in [5.74, 6) is 0. The van der Waals surface area contributed by atoms with Gasteiger partial charge < -0.3 is 27.4 Å². The van der Waals surface area contributed by atoms with Crippen LogP contribution in [0.4, 0.5) is 0 Å². The molecule has 6 aromatic heterocycles. The molecule has 0 saturated heterocycles. The third-order valence-corrected chi connectivity index (χ3v) is 25.2. The molecular formula is C112H70N6. The van der Waals surface area contributed by atoms with Crippen LogP contribution in [0.15, 0.2) is 425 Å². The molecule has 6 heterocycles. The maximum atomic E-state index is 2.49. The molecule has 0 bridgehead atoms. The number of rotatable bonds is 8. The van der Waals surface area contributed by atoms with E-state index in [0.717, 1.165) is 11.4 Å². The Bertz CT molecular complexity index is 8680. The van der Waals surface area contributed by atoms with Crippen LogP contribution in [0.5, 0.6) is 0 Å². The van der Waals surface area contributed by atoms with Crippen LogP contribution in [-0.2, 0) is 0 Å². The number of para-hydroxylation sites is 6. The Labute approximate surface area is 677 Å². The Hall–Kier alpha value is -15.8. The lowest BCUT2D eigenvalue weighted by Crippen LogP contribution is -1.96. The van der Waals surface area contributed by atoms with E-state index in [1.165, 1.54) is 219 Å². The first-order chi connectivity index (χ1) is 58.6. The van der Waals surface area contributed by atoms with E-state index in [-0.39, 0.29) is 0 Å². The van der Waals surface area contributed by atoms with Crippen molar-refractivity contribution in [3.8, 4) is 56.4 Å². The van der Waals surface area contributed by atoms with E-state index < -0.39 is 0 Å². The van der Waals surface area contributed by atoms with Crippen LogP contribution < -0.4 is 0 Å². The molecule has 0 N–H and O–H groups in total. The van der Waals surface area contributed by atoms with E-state index in [1.54, 1.807) is 0 Å². The summed E-state index contributed by atoms with van der Waals surface area (Å²) in [6, 6.07) is 156. The Morgan fingerprint density at radius 1 is 0.127 bits per heavy atom. The molecule has 6 heteroatoms. The van der Waals surface area contributed by atoms with Crippen molar-refractivity contribution >= 4 is 174 Å². The Kier molecular flexibility index (Phi) is 14.4. The van der Waals surface area contributed by atoms with Crippen molar-refractivity contribution in [3.63, 3.8) is 0 Å². The van der Waals surface area contributed by atoms with Crippen LogP contribution in [0.2, 0.25) is 0 Å². The van der Waals surface area contributed by atoms with Gasteiger partial charge in [0.25, 0.3) is 0 Å². The second-order valence-electron chi connectivity index (χ2n) is 31.4. The maximum Gasteiger partial charge on any atom is 0.0641 e. The molecule has 6 nitrogen and oxygen atoms in total. The number of hydrogen-bond acceptors (Lipinski definition) is 0. The normalized spacial score (nSPS) is 12.1. The van der Waals surface area contributed by atoms with Crippen molar-refractivity contribution in [1.29, 1.82) is 0 Å². The molecule has 0 spiro atoms. The fourth-order valence-corrected chi connectivity index (χ4v) is 20.0. The Morgan fingerprint density at radius 3 is 0.924 bits per heavy atom. The zero-order valence-electron chi connectivity index (χ0n) is 64.1. The van der Waals surface area contributed by atoms with E-state index in [1.807, 2.05) is 0 Å². The molecule has 0 atom stereocenters. The second-order valence-corrected chi connectivity index (χ2v) is 31.4. The summed E-state index contributed by atoms with van der Waals surface area (Å²) in [5, 5.41) is 24.9. The molecule has 0 fully saturated rings. The first kappa shape index (κ1) is 65.8. The smallest absolute Gasteiger partial charge is 0.0641 e. The Morgan fingerprint density at radius 2 is 0.432 bits per heavy atom. The van der Waals surface area contributed by atoms with Crippen LogP contribution in [0.3, 0.4) is 0 Å². The summed E-state index contributed by atoms with van der Waals surface area (Å²) >= 11 is 0. The second kappa shape index (κ2) is 25.9. The van der Waals surface area contributed by atoms with Gasteiger partial charge in [-0.3, -0.25) is 0 Å². The molecule has 26 rings (SSSR count). The fourth-order valence-electron chi connectivity index (χ4n) is 20.0. The highest BCUT2D eigenvalue weighted by Gasteiger charge is 2.26. The van der Waals surface area contributed by atoms with Gasteiger partial charge in [-0.15, -0.1) is 0 Å². The minimum atomic E-state index is 1.15. The highest BCUT2D eigenvalue weighted by atomic mass is 15.0. The van der Waals surface area contributed by atoms with E-state index in [4.69, 9.17) is 0 Å². The van der Waals surface area contributed by atoms with Gasteiger partial charge in [0.05, 0.1) is 77.6 Å². The molecular weight excluding hydrogens is 1430 g/mol. The lowest BCUT2D eigenvalue weighted by Gasteiger charge is -2.12. The van der Waals surface area contributed by atoms with Gasteiger partial charge in [0, 0.05) is 98.2 Å². The van der Waals surface area contributed by atoms with Gasteiger partial charge in [0.15, 0.2) is 0 Å². The van der Waals surface area contributed by atoms with Crippen molar-refractivity contribution in [2.45, 2.75) is 0 Å². The zero-order chi connectivity index (χ0) is 77.2. The highest BCUT2D eigenvalue weighted by molar-refractivity contribution is 6.31. The number of hydrogen-bond donors (Lipinski definition) is 0. The van der Waals surface area contributed by atoms with Gasteiger partial charge in [0.1, 0.15) is 0 Å². The largest absolute Gasteiger partial charge is 0.309 e. The molecule has 0 amide bonds. The van der Waals surface area contributed by atoms with Crippen LogP contribution in [0.25, 0.3) is 230 Å². The summed E-state index contributed by atoms with van der Waals surface area (Å²) in [6.07, 6.45) is 0. The zero-order valence-corrected chi connectivity index (χ0v) is 64.1. The monoisotopic (exact) mass is 1500 g/mol. The van der Waals surface area contributed by atoms with Crippen LogP contribution in [0, 0.1) is 0 Å². The first-order valence-corrected chi connectivity index (χ1v) is 40.7.